The number of rotatable bonds is 5. The van der Waals surface area contributed by atoms with Crippen LogP contribution in [0.3, 0.4) is 0 Å². The van der Waals surface area contributed by atoms with E-state index in [0.29, 0.717) is 0 Å². The van der Waals surface area contributed by atoms with Crippen molar-refractivity contribution in [1.29, 1.82) is 0 Å². The summed E-state index contributed by atoms with van der Waals surface area (Å²) < 4.78 is 46.1. The Kier molecular flexibility index (Phi) is 4.36. The van der Waals surface area contributed by atoms with E-state index in [-0.39, 0.29) is 16.0 Å². The molecule has 0 unspecified atom stereocenters. The van der Waals surface area contributed by atoms with Gasteiger partial charge in [-0.25, -0.2) is 21.6 Å². The molecule has 0 aliphatic rings. The molecule has 106 valence electrons. The lowest BCUT2D eigenvalue weighted by Crippen LogP contribution is -2.18. The quantitative estimate of drug-likeness (QED) is 0.849. The van der Waals surface area contributed by atoms with Crippen molar-refractivity contribution in [3.63, 3.8) is 0 Å². The Morgan fingerprint density at radius 1 is 1.16 bits per heavy atom. The van der Waals surface area contributed by atoms with E-state index in [0.717, 1.165) is 6.26 Å². The van der Waals surface area contributed by atoms with E-state index >= 15 is 0 Å². The van der Waals surface area contributed by atoms with Gasteiger partial charge in [0.05, 0.1) is 22.0 Å². The largest absolute Gasteiger partial charge is 0.478 e. The highest BCUT2D eigenvalue weighted by atomic mass is 32.2. The molecular weight excluding hydrogens is 292 g/mol. The number of carboxylic acids is 1. The first kappa shape index (κ1) is 15.6. The summed E-state index contributed by atoms with van der Waals surface area (Å²) in [5.74, 6) is -2.28. The summed E-state index contributed by atoms with van der Waals surface area (Å²) in [4.78, 5) is 10.8. The van der Waals surface area contributed by atoms with Gasteiger partial charge in [-0.2, -0.15) is 0 Å². The maximum absolute atomic E-state index is 12.0. The van der Waals surface area contributed by atoms with Crippen molar-refractivity contribution in [3.8, 4) is 0 Å². The van der Waals surface area contributed by atoms with Crippen LogP contribution in [0.25, 0.3) is 0 Å². The second kappa shape index (κ2) is 5.30. The SMILES string of the molecule is Cc1c(C(=O)O)cccc1S(=O)(=O)CCS(C)(=O)=O. The Morgan fingerprint density at radius 2 is 1.74 bits per heavy atom. The molecule has 1 rings (SSSR count). The summed E-state index contributed by atoms with van der Waals surface area (Å²) in [5, 5.41) is 8.92. The van der Waals surface area contributed by atoms with E-state index in [2.05, 4.69) is 0 Å². The minimum Gasteiger partial charge on any atom is -0.478 e. The van der Waals surface area contributed by atoms with Gasteiger partial charge in [-0.3, -0.25) is 0 Å². The lowest BCUT2D eigenvalue weighted by molar-refractivity contribution is 0.0695. The van der Waals surface area contributed by atoms with Gasteiger partial charge < -0.3 is 5.11 Å². The number of hydrogen-bond acceptors (Lipinski definition) is 5. The Labute approximate surface area is 111 Å². The summed E-state index contributed by atoms with van der Waals surface area (Å²) in [5.41, 5.74) is 0.00364. The van der Waals surface area contributed by atoms with E-state index in [1.165, 1.54) is 25.1 Å². The first-order valence-electron chi connectivity index (χ1n) is 5.28. The normalized spacial score (nSPS) is 12.3. The van der Waals surface area contributed by atoms with Gasteiger partial charge in [0.2, 0.25) is 0 Å². The molecule has 0 fully saturated rings. The molecule has 6 nitrogen and oxygen atoms in total. The second-order valence-electron chi connectivity index (χ2n) is 4.18. The van der Waals surface area contributed by atoms with Crippen molar-refractivity contribution in [2.45, 2.75) is 11.8 Å². The van der Waals surface area contributed by atoms with E-state index in [4.69, 9.17) is 5.11 Å². The zero-order valence-electron chi connectivity index (χ0n) is 10.5. The molecule has 0 heterocycles. The lowest BCUT2D eigenvalue weighted by atomic mass is 10.1. The molecular formula is C11H14O6S2. The van der Waals surface area contributed by atoms with Crippen LogP contribution in [0.15, 0.2) is 23.1 Å². The number of benzene rings is 1. The smallest absolute Gasteiger partial charge is 0.335 e. The number of sulfone groups is 2. The predicted molar refractivity (Wildman–Crippen MR) is 69.9 cm³/mol. The van der Waals surface area contributed by atoms with Crippen molar-refractivity contribution in [1.82, 2.24) is 0 Å². The van der Waals surface area contributed by atoms with E-state index in [1.54, 1.807) is 0 Å². The van der Waals surface area contributed by atoms with Crippen LogP contribution >= 0.6 is 0 Å². The first-order valence-corrected chi connectivity index (χ1v) is 8.99. The second-order valence-corrected chi connectivity index (χ2v) is 8.52. The van der Waals surface area contributed by atoms with Gasteiger partial charge in [-0.15, -0.1) is 0 Å². The van der Waals surface area contributed by atoms with Crippen molar-refractivity contribution < 1.29 is 26.7 Å². The van der Waals surface area contributed by atoms with Gasteiger partial charge in [-0.1, -0.05) is 6.07 Å². The van der Waals surface area contributed by atoms with Crippen molar-refractivity contribution in [2.24, 2.45) is 0 Å². The maximum atomic E-state index is 12.0. The summed E-state index contributed by atoms with van der Waals surface area (Å²) >= 11 is 0. The topological polar surface area (TPSA) is 106 Å². The highest BCUT2D eigenvalue weighted by Gasteiger charge is 2.22. The lowest BCUT2D eigenvalue weighted by Gasteiger charge is -2.09. The van der Waals surface area contributed by atoms with Gasteiger partial charge in [0, 0.05) is 6.26 Å². The number of hydrogen-bond donors (Lipinski definition) is 1. The minimum atomic E-state index is -3.82. The van der Waals surface area contributed by atoms with Crippen molar-refractivity contribution >= 4 is 25.6 Å². The standard InChI is InChI=1S/C11H14O6S2/c1-8-9(11(12)13)4-3-5-10(8)19(16,17)7-6-18(2,14)15/h3-5H,6-7H2,1-2H3,(H,12,13). The average molecular weight is 306 g/mol. The Balaban J connectivity index is 3.23. The Morgan fingerprint density at radius 3 is 2.21 bits per heavy atom. The fourth-order valence-corrected chi connectivity index (χ4v) is 4.73. The fraction of sp³-hybridized carbons (Fsp3) is 0.364. The molecule has 0 aliphatic carbocycles. The number of carboxylic acid groups (broad SMARTS) is 1. The van der Waals surface area contributed by atoms with Crippen molar-refractivity contribution in [3.05, 3.63) is 29.3 Å². The van der Waals surface area contributed by atoms with Crippen LogP contribution in [0.2, 0.25) is 0 Å². The van der Waals surface area contributed by atoms with Crippen LogP contribution in [-0.2, 0) is 19.7 Å². The minimum absolute atomic E-state index is 0.111. The number of aromatic carboxylic acids is 1. The number of carbonyl (C=O) groups is 1. The molecule has 0 saturated heterocycles. The predicted octanol–water partition coefficient (Wildman–Crippen LogP) is 0.512. The molecule has 8 heteroatoms. The van der Waals surface area contributed by atoms with Gasteiger partial charge in [0.15, 0.2) is 9.84 Å². The highest BCUT2D eigenvalue weighted by molar-refractivity contribution is 7.94. The van der Waals surface area contributed by atoms with Crippen LogP contribution < -0.4 is 0 Å². The first-order chi connectivity index (χ1) is 8.54. The van der Waals surface area contributed by atoms with Crippen LogP contribution in [0.1, 0.15) is 15.9 Å². The van der Waals surface area contributed by atoms with Gasteiger partial charge in [0.25, 0.3) is 0 Å². The molecule has 0 amide bonds. The summed E-state index contributed by atoms with van der Waals surface area (Å²) in [7, 11) is -7.22. The molecule has 1 aromatic rings. The Bertz CT molecular complexity index is 701. The molecule has 19 heavy (non-hydrogen) atoms. The molecule has 0 saturated carbocycles. The molecule has 0 aliphatic heterocycles. The van der Waals surface area contributed by atoms with E-state index < -0.39 is 37.1 Å². The van der Waals surface area contributed by atoms with Crippen LogP contribution in [0.5, 0.6) is 0 Å². The van der Waals surface area contributed by atoms with Crippen molar-refractivity contribution in [2.75, 3.05) is 17.8 Å². The van der Waals surface area contributed by atoms with Gasteiger partial charge >= 0.3 is 5.97 Å². The molecule has 0 bridgehead atoms. The van der Waals surface area contributed by atoms with Gasteiger partial charge in [0.1, 0.15) is 9.84 Å². The van der Waals surface area contributed by atoms with E-state index in [9.17, 15) is 21.6 Å². The third kappa shape index (κ3) is 4.03. The molecule has 1 aromatic carbocycles. The van der Waals surface area contributed by atoms with Crippen LogP contribution in [-0.4, -0.2) is 45.7 Å². The van der Waals surface area contributed by atoms with Crippen LogP contribution in [0.4, 0.5) is 0 Å². The molecule has 0 atom stereocenters. The summed E-state index contributed by atoms with van der Waals surface area (Å²) in [6.45, 7) is 1.39. The third-order valence-electron chi connectivity index (χ3n) is 2.57. The molecule has 0 spiro atoms. The summed E-state index contributed by atoms with van der Waals surface area (Å²) in [6.07, 6.45) is 0.947. The third-order valence-corrected chi connectivity index (χ3v) is 5.63. The summed E-state index contributed by atoms with van der Waals surface area (Å²) in [6, 6.07) is 3.90. The zero-order valence-corrected chi connectivity index (χ0v) is 12.1. The highest BCUT2D eigenvalue weighted by Crippen LogP contribution is 2.20. The van der Waals surface area contributed by atoms with Crippen LogP contribution in [0, 0.1) is 6.92 Å². The van der Waals surface area contributed by atoms with Gasteiger partial charge in [-0.05, 0) is 24.6 Å². The molecule has 0 radical (unpaired) electrons. The fourth-order valence-electron chi connectivity index (χ4n) is 1.55. The monoisotopic (exact) mass is 306 g/mol. The average Bonchev–Trinajstić information content (AvgIpc) is 2.25. The molecule has 1 N–H and O–H groups in total. The van der Waals surface area contributed by atoms with E-state index in [1.807, 2.05) is 0 Å². The zero-order chi connectivity index (χ0) is 14.8. The maximum Gasteiger partial charge on any atom is 0.335 e. The Hall–Kier alpha value is -1.41. The molecule has 0 aromatic heterocycles.